The second-order valence-electron chi connectivity index (χ2n) is 7.64. The molecule has 2 saturated heterocycles. The van der Waals surface area contributed by atoms with Crippen LogP contribution in [0.2, 0.25) is 0 Å². The summed E-state index contributed by atoms with van der Waals surface area (Å²) in [6.07, 6.45) is 7.85. The smallest absolute Gasteiger partial charge is 0.155 e. The van der Waals surface area contributed by atoms with Crippen molar-refractivity contribution in [2.24, 2.45) is 0 Å². The molecule has 3 aromatic heterocycles. The first-order chi connectivity index (χ1) is 14.4. The van der Waals surface area contributed by atoms with Gasteiger partial charge in [0, 0.05) is 68.0 Å². The van der Waals surface area contributed by atoms with Gasteiger partial charge in [-0.2, -0.15) is 0 Å². The van der Waals surface area contributed by atoms with Crippen molar-refractivity contribution in [2.75, 3.05) is 54.5 Å². The van der Waals surface area contributed by atoms with Gasteiger partial charge in [0.1, 0.15) is 11.3 Å². The lowest BCUT2D eigenvalue weighted by Gasteiger charge is -2.34. The minimum atomic E-state index is 0.331. The van der Waals surface area contributed by atoms with Gasteiger partial charge < -0.3 is 19.9 Å². The number of anilines is 3. The average molecular weight is 390 g/mol. The van der Waals surface area contributed by atoms with Crippen LogP contribution in [0.1, 0.15) is 12.8 Å². The molecule has 3 aromatic rings. The summed E-state index contributed by atoms with van der Waals surface area (Å²) in [6, 6.07) is 10.6. The second kappa shape index (κ2) is 8.21. The second-order valence-corrected chi connectivity index (χ2v) is 7.64. The zero-order chi connectivity index (χ0) is 19.5. The van der Waals surface area contributed by atoms with E-state index in [0.29, 0.717) is 6.04 Å². The summed E-state index contributed by atoms with van der Waals surface area (Å²) in [5.74, 6) is 1.91. The highest BCUT2D eigenvalue weighted by Gasteiger charge is 2.23. The average Bonchev–Trinajstić information content (AvgIpc) is 2.80. The fourth-order valence-electron chi connectivity index (χ4n) is 4.23. The number of rotatable bonds is 4. The van der Waals surface area contributed by atoms with Crippen LogP contribution in [0.5, 0.6) is 0 Å². The largest absolute Gasteiger partial charge is 0.378 e. The van der Waals surface area contributed by atoms with Gasteiger partial charge in [0.2, 0.25) is 0 Å². The highest BCUT2D eigenvalue weighted by atomic mass is 16.5. The molecule has 2 fully saturated rings. The minimum absolute atomic E-state index is 0.331. The van der Waals surface area contributed by atoms with Crippen molar-refractivity contribution in [2.45, 2.75) is 18.9 Å². The van der Waals surface area contributed by atoms with E-state index in [9.17, 15) is 0 Å². The molecular weight excluding hydrogens is 364 g/mol. The Morgan fingerprint density at radius 2 is 1.83 bits per heavy atom. The van der Waals surface area contributed by atoms with Gasteiger partial charge >= 0.3 is 0 Å². The van der Waals surface area contributed by atoms with Gasteiger partial charge in [-0.05, 0) is 31.0 Å². The Morgan fingerprint density at radius 1 is 0.931 bits per heavy atom. The van der Waals surface area contributed by atoms with Crippen LogP contribution >= 0.6 is 0 Å². The van der Waals surface area contributed by atoms with Crippen LogP contribution in [0.15, 0.2) is 48.9 Å². The molecule has 0 unspecified atom stereocenters. The number of hydrogen-bond donors (Lipinski definition) is 1. The predicted octanol–water partition coefficient (Wildman–Crippen LogP) is 2.94. The van der Waals surface area contributed by atoms with Gasteiger partial charge in [0.15, 0.2) is 5.82 Å². The first kappa shape index (κ1) is 18.1. The maximum Gasteiger partial charge on any atom is 0.155 e. The molecule has 2 aliphatic rings. The number of nitrogens with one attached hydrogen (secondary N) is 1. The number of hydrogen-bond acceptors (Lipinski definition) is 7. The van der Waals surface area contributed by atoms with E-state index in [-0.39, 0.29) is 0 Å². The summed E-state index contributed by atoms with van der Waals surface area (Å²) in [7, 11) is 0. The van der Waals surface area contributed by atoms with E-state index < -0.39 is 0 Å². The molecule has 150 valence electrons. The fourth-order valence-corrected chi connectivity index (χ4v) is 4.23. The van der Waals surface area contributed by atoms with Crippen LogP contribution in [0.3, 0.4) is 0 Å². The van der Waals surface area contributed by atoms with Crippen LogP contribution in [-0.2, 0) is 4.74 Å². The van der Waals surface area contributed by atoms with E-state index in [2.05, 4.69) is 48.3 Å². The highest BCUT2D eigenvalue weighted by molar-refractivity contribution is 5.88. The molecule has 0 aliphatic carbocycles. The van der Waals surface area contributed by atoms with Gasteiger partial charge in [-0.15, -0.1) is 0 Å². The Morgan fingerprint density at radius 3 is 2.76 bits per heavy atom. The lowest BCUT2D eigenvalue weighted by atomic mass is 10.1. The van der Waals surface area contributed by atoms with Crippen molar-refractivity contribution in [3.8, 4) is 0 Å². The molecule has 1 N–H and O–H groups in total. The lowest BCUT2D eigenvalue weighted by Crippen LogP contribution is -2.42. The van der Waals surface area contributed by atoms with Crippen LogP contribution in [-0.4, -0.2) is 60.4 Å². The molecule has 0 radical (unpaired) electrons. The summed E-state index contributed by atoms with van der Waals surface area (Å²) in [5, 5.41) is 4.78. The van der Waals surface area contributed by atoms with E-state index in [1.807, 2.05) is 30.7 Å². The summed E-state index contributed by atoms with van der Waals surface area (Å²) in [5.41, 5.74) is 2.18. The third-order valence-electron chi connectivity index (χ3n) is 5.69. The predicted molar refractivity (Wildman–Crippen MR) is 116 cm³/mol. The lowest BCUT2D eigenvalue weighted by molar-refractivity contribution is 0.122. The van der Waals surface area contributed by atoms with Crippen molar-refractivity contribution >= 4 is 28.2 Å². The highest BCUT2D eigenvalue weighted by Crippen LogP contribution is 2.26. The van der Waals surface area contributed by atoms with Crippen molar-refractivity contribution < 1.29 is 4.74 Å². The van der Waals surface area contributed by atoms with Crippen molar-refractivity contribution in [3.05, 3.63) is 48.9 Å². The molecule has 0 bridgehead atoms. The Kier molecular flexibility index (Phi) is 5.13. The number of aromatic nitrogens is 3. The molecule has 5 heterocycles. The summed E-state index contributed by atoms with van der Waals surface area (Å²) in [6.45, 7) is 5.33. The molecule has 5 rings (SSSR count). The summed E-state index contributed by atoms with van der Waals surface area (Å²) >= 11 is 0. The maximum absolute atomic E-state index is 5.47. The van der Waals surface area contributed by atoms with E-state index in [1.54, 1.807) is 0 Å². The number of piperidine rings is 1. The first-order valence-electron chi connectivity index (χ1n) is 10.4. The van der Waals surface area contributed by atoms with E-state index >= 15 is 0 Å². The minimum Gasteiger partial charge on any atom is -0.378 e. The van der Waals surface area contributed by atoms with E-state index in [4.69, 9.17) is 4.74 Å². The number of pyridine rings is 3. The van der Waals surface area contributed by atoms with Crippen molar-refractivity contribution in [3.63, 3.8) is 0 Å². The third kappa shape index (κ3) is 3.96. The number of fused-ring (bicyclic) bond motifs is 1. The molecule has 7 heteroatoms. The molecular formula is C22H26N6O. The standard InChI is InChI=1S/C22H26N6O/c1-3-17-5-8-25-22(21(17)24-7-1)28-10-2-4-18(16-28)26-20-15-19(6-9-23-20)27-11-13-29-14-12-27/h1,3,5-9,15,18H,2,4,10-14,16H2,(H,23,26)/t18-/m1/s1. The zero-order valence-electron chi connectivity index (χ0n) is 16.5. The molecule has 0 aromatic carbocycles. The van der Waals surface area contributed by atoms with Crippen molar-refractivity contribution in [1.29, 1.82) is 0 Å². The first-order valence-corrected chi connectivity index (χ1v) is 10.4. The maximum atomic E-state index is 5.47. The van der Waals surface area contributed by atoms with Crippen LogP contribution < -0.4 is 15.1 Å². The van der Waals surface area contributed by atoms with Crippen LogP contribution in [0, 0.1) is 0 Å². The van der Waals surface area contributed by atoms with E-state index in [0.717, 1.165) is 74.8 Å². The number of ether oxygens (including phenoxy) is 1. The van der Waals surface area contributed by atoms with Gasteiger partial charge in [0.05, 0.1) is 13.2 Å². The van der Waals surface area contributed by atoms with Crippen LogP contribution in [0.4, 0.5) is 17.3 Å². The fraction of sp³-hybridized carbons (Fsp3) is 0.409. The summed E-state index contributed by atoms with van der Waals surface area (Å²) < 4.78 is 5.47. The molecule has 7 nitrogen and oxygen atoms in total. The molecule has 0 spiro atoms. The van der Waals surface area contributed by atoms with Gasteiger partial charge in [-0.3, -0.25) is 4.98 Å². The van der Waals surface area contributed by atoms with Crippen molar-refractivity contribution in [1.82, 2.24) is 15.0 Å². The normalized spacial score (nSPS) is 20.1. The zero-order valence-corrected chi connectivity index (χ0v) is 16.5. The van der Waals surface area contributed by atoms with Crippen LogP contribution in [0.25, 0.3) is 10.9 Å². The topological polar surface area (TPSA) is 66.4 Å². The van der Waals surface area contributed by atoms with Gasteiger partial charge in [-0.25, -0.2) is 9.97 Å². The Hall–Kier alpha value is -2.93. The molecule has 2 aliphatic heterocycles. The van der Waals surface area contributed by atoms with E-state index in [1.165, 1.54) is 5.69 Å². The van der Waals surface area contributed by atoms with Gasteiger partial charge in [-0.1, -0.05) is 6.07 Å². The Bertz CT molecular complexity index is 969. The quantitative estimate of drug-likeness (QED) is 0.735. The Balaban J connectivity index is 1.31. The molecule has 0 amide bonds. The van der Waals surface area contributed by atoms with Gasteiger partial charge in [0.25, 0.3) is 0 Å². The Labute approximate surface area is 170 Å². The molecule has 0 saturated carbocycles. The summed E-state index contributed by atoms with van der Waals surface area (Å²) in [4.78, 5) is 18.5. The molecule has 29 heavy (non-hydrogen) atoms. The SMILES string of the molecule is c1cnc2c(N3CCC[C@@H](Nc4cc(N5CCOCC5)ccn4)C3)nccc2c1. The molecule has 1 atom stereocenters. The monoisotopic (exact) mass is 390 g/mol. The third-order valence-corrected chi connectivity index (χ3v) is 5.69. The number of morpholine rings is 1. The number of nitrogens with zero attached hydrogens (tertiary/aromatic N) is 5.